The lowest BCUT2D eigenvalue weighted by Gasteiger charge is -2.20. The summed E-state index contributed by atoms with van der Waals surface area (Å²) in [6.07, 6.45) is 12.5. The topological polar surface area (TPSA) is 29.1 Å². The Hall–Kier alpha value is -1.23. The van der Waals surface area contributed by atoms with Crippen LogP contribution in [0.15, 0.2) is 12.2 Å². The second-order valence-electron chi connectivity index (χ2n) is 4.70. The van der Waals surface area contributed by atoms with Gasteiger partial charge in [-0.05, 0) is 31.6 Å². The van der Waals surface area contributed by atoms with Crippen LogP contribution in [0, 0.1) is 30.1 Å². The standard InChI is InChI=1S/C13H17NO/c1-3-4-9(2)14-13(15)12-8-10-5-6-11(12)7-10/h1,5-6,9-12H,4,7-8H2,2H3,(H,14,15). The summed E-state index contributed by atoms with van der Waals surface area (Å²) in [5.41, 5.74) is 0. The number of nitrogens with one attached hydrogen (secondary N) is 1. The van der Waals surface area contributed by atoms with E-state index >= 15 is 0 Å². The first-order valence-corrected chi connectivity index (χ1v) is 5.63. The minimum absolute atomic E-state index is 0.102. The Balaban J connectivity index is 1.87. The van der Waals surface area contributed by atoms with Gasteiger partial charge in [-0.2, -0.15) is 0 Å². The van der Waals surface area contributed by atoms with E-state index < -0.39 is 0 Å². The van der Waals surface area contributed by atoms with E-state index in [1.54, 1.807) is 0 Å². The van der Waals surface area contributed by atoms with Crippen molar-refractivity contribution in [2.45, 2.75) is 32.2 Å². The minimum Gasteiger partial charge on any atom is -0.352 e. The summed E-state index contributed by atoms with van der Waals surface area (Å²) < 4.78 is 0. The van der Waals surface area contributed by atoms with Crippen LogP contribution < -0.4 is 5.32 Å². The maximum atomic E-state index is 11.9. The Kier molecular flexibility index (Phi) is 2.81. The Morgan fingerprint density at radius 1 is 1.60 bits per heavy atom. The van der Waals surface area contributed by atoms with Crippen molar-refractivity contribution in [3.05, 3.63) is 12.2 Å². The van der Waals surface area contributed by atoms with E-state index in [0.717, 1.165) is 6.42 Å². The molecule has 0 aliphatic heterocycles. The van der Waals surface area contributed by atoms with Gasteiger partial charge in [0.1, 0.15) is 0 Å². The molecule has 0 heterocycles. The highest BCUT2D eigenvalue weighted by Gasteiger charge is 2.39. The van der Waals surface area contributed by atoms with Crippen molar-refractivity contribution in [2.24, 2.45) is 17.8 Å². The average Bonchev–Trinajstić information content (AvgIpc) is 2.78. The molecule has 2 nitrogen and oxygen atoms in total. The molecule has 80 valence electrons. The van der Waals surface area contributed by atoms with E-state index in [1.165, 1.54) is 6.42 Å². The summed E-state index contributed by atoms with van der Waals surface area (Å²) in [7, 11) is 0. The van der Waals surface area contributed by atoms with Gasteiger partial charge in [0.25, 0.3) is 0 Å². The van der Waals surface area contributed by atoms with Crippen LogP contribution >= 0.6 is 0 Å². The zero-order valence-corrected chi connectivity index (χ0v) is 9.07. The van der Waals surface area contributed by atoms with Crippen molar-refractivity contribution in [3.8, 4) is 12.3 Å². The highest BCUT2D eigenvalue weighted by molar-refractivity contribution is 5.80. The highest BCUT2D eigenvalue weighted by atomic mass is 16.1. The first-order chi connectivity index (χ1) is 7.20. The van der Waals surface area contributed by atoms with Gasteiger partial charge in [0.2, 0.25) is 5.91 Å². The number of fused-ring (bicyclic) bond motifs is 2. The fourth-order valence-electron chi connectivity index (χ4n) is 2.66. The molecule has 0 spiro atoms. The van der Waals surface area contributed by atoms with Crippen LogP contribution in [-0.4, -0.2) is 11.9 Å². The Bertz CT molecular complexity index is 326. The summed E-state index contributed by atoms with van der Waals surface area (Å²) in [5.74, 6) is 4.08. The molecule has 2 aliphatic carbocycles. The summed E-state index contributed by atoms with van der Waals surface area (Å²) in [6.45, 7) is 1.96. The zero-order chi connectivity index (χ0) is 10.8. The van der Waals surface area contributed by atoms with Gasteiger partial charge in [0.05, 0.1) is 0 Å². The molecule has 0 aromatic carbocycles. The molecular weight excluding hydrogens is 186 g/mol. The molecule has 0 aromatic heterocycles. The zero-order valence-electron chi connectivity index (χ0n) is 9.07. The fraction of sp³-hybridized carbons (Fsp3) is 0.615. The predicted octanol–water partition coefficient (Wildman–Crippen LogP) is 1.73. The van der Waals surface area contributed by atoms with Crippen LogP contribution in [0.2, 0.25) is 0 Å². The van der Waals surface area contributed by atoms with Gasteiger partial charge in [-0.3, -0.25) is 4.79 Å². The first-order valence-electron chi connectivity index (χ1n) is 5.63. The number of amides is 1. The molecule has 0 saturated heterocycles. The lowest BCUT2D eigenvalue weighted by molar-refractivity contribution is -0.126. The summed E-state index contributed by atoms with van der Waals surface area (Å²) >= 11 is 0. The lowest BCUT2D eigenvalue weighted by atomic mass is 9.92. The van der Waals surface area contributed by atoms with Crippen molar-refractivity contribution < 1.29 is 4.79 Å². The van der Waals surface area contributed by atoms with Crippen molar-refractivity contribution in [3.63, 3.8) is 0 Å². The number of carbonyl (C=O) groups excluding carboxylic acids is 1. The van der Waals surface area contributed by atoms with Crippen LogP contribution in [0.3, 0.4) is 0 Å². The maximum Gasteiger partial charge on any atom is 0.223 e. The van der Waals surface area contributed by atoms with Crippen LogP contribution in [0.1, 0.15) is 26.2 Å². The summed E-state index contributed by atoms with van der Waals surface area (Å²) in [6, 6.07) is 0.102. The van der Waals surface area contributed by atoms with Gasteiger partial charge in [-0.1, -0.05) is 12.2 Å². The monoisotopic (exact) mass is 203 g/mol. The second-order valence-corrected chi connectivity index (χ2v) is 4.70. The molecule has 2 rings (SSSR count). The molecule has 1 N–H and O–H groups in total. The number of hydrogen-bond donors (Lipinski definition) is 1. The number of allylic oxidation sites excluding steroid dienone is 2. The van der Waals surface area contributed by atoms with Crippen molar-refractivity contribution in [1.82, 2.24) is 5.32 Å². The third-order valence-corrected chi connectivity index (χ3v) is 3.43. The molecule has 2 bridgehead atoms. The minimum atomic E-state index is 0.102. The predicted molar refractivity (Wildman–Crippen MR) is 59.9 cm³/mol. The number of terminal acetylenes is 1. The van der Waals surface area contributed by atoms with Gasteiger partial charge in [0, 0.05) is 18.4 Å². The van der Waals surface area contributed by atoms with E-state index in [9.17, 15) is 4.79 Å². The van der Waals surface area contributed by atoms with Gasteiger partial charge >= 0.3 is 0 Å². The van der Waals surface area contributed by atoms with E-state index in [2.05, 4.69) is 23.4 Å². The lowest BCUT2D eigenvalue weighted by Crippen LogP contribution is -2.38. The van der Waals surface area contributed by atoms with Crippen LogP contribution in [0.4, 0.5) is 0 Å². The Morgan fingerprint density at radius 3 is 2.93 bits per heavy atom. The van der Waals surface area contributed by atoms with Gasteiger partial charge in [-0.15, -0.1) is 12.3 Å². The van der Waals surface area contributed by atoms with Crippen molar-refractivity contribution in [2.75, 3.05) is 0 Å². The van der Waals surface area contributed by atoms with Crippen LogP contribution in [0.25, 0.3) is 0 Å². The third kappa shape index (κ3) is 2.07. The largest absolute Gasteiger partial charge is 0.352 e. The molecule has 0 aromatic rings. The molecule has 2 heteroatoms. The van der Waals surface area contributed by atoms with E-state index in [4.69, 9.17) is 6.42 Å². The van der Waals surface area contributed by atoms with Crippen molar-refractivity contribution >= 4 is 5.91 Å². The molecule has 15 heavy (non-hydrogen) atoms. The molecule has 1 amide bonds. The number of hydrogen-bond acceptors (Lipinski definition) is 1. The van der Waals surface area contributed by atoms with Gasteiger partial charge in [0.15, 0.2) is 0 Å². The quantitative estimate of drug-likeness (QED) is 0.549. The molecule has 2 aliphatic rings. The first kappa shape index (κ1) is 10.3. The SMILES string of the molecule is C#CCC(C)NC(=O)C1CC2C=CC1C2. The molecule has 4 unspecified atom stereocenters. The third-order valence-electron chi connectivity index (χ3n) is 3.43. The van der Waals surface area contributed by atoms with E-state index in [0.29, 0.717) is 18.3 Å². The molecule has 1 saturated carbocycles. The number of rotatable bonds is 3. The van der Waals surface area contributed by atoms with E-state index in [-0.39, 0.29) is 17.9 Å². The molecule has 0 radical (unpaired) electrons. The molecular formula is C13H17NO. The number of carbonyl (C=O) groups is 1. The van der Waals surface area contributed by atoms with Crippen LogP contribution in [0.5, 0.6) is 0 Å². The van der Waals surface area contributed by atoms with Gasteiger partial charge < -0.3 is 5.32 Å². The fourth-order valence-corrected chi connectivity index (χ4v) is 2.66. The summed E-state index contributed by atoms with van der Waals surface area (Å²) in [5, 5.41) is 2.99. The van der Waals surface area contributed by atoms with E-state index in [1.807, 2.05) is 6.92 Å². The maximum absolute atomic E-state index is 11.9. The normalized spacial score (nSPS) is 33.7. The van der Waals surface area contributed by atoms with Gasteiger partial charge in [-0.25, -0.2) is 0 Å². The smallest absolute Gasteiger partial charge is 0.223 e. The Labute approximate surface area is 91.1 Å². The average molecular weight is 203 g/mol. The summed E-state index contributed by atoms with van der Waals surface area (Å²) in [4.78, 5) is 11.9. The Morgan fingerprint density at radius 2 is 2.40 bits per heavy atom. The highest BCUT2D eigenvalue weighted by Crippen LogP contribution is 2.43. The second kappa shape index (κ2) is 4.10. The molecule has 4 atom stereocenters. The van der Waals surface area contributed by atoms with Crippen molar-refractivity contribution in [1.29, 1.82) is 0 Å². The van der Waals surface area contributed by atoms with Crippen LogP contribution in [-0.2, 0) is 4.79 Å². The molecule has 1 fully saturated rings.